The van der Waals surface area contributed by atoms with Gasteiger partial charge in [0.1, 0.15) is 0 Å². The summed E-state index contributed by atoms with van der Waals surface area (Å²) in [5, 5.41) is 6.26. The average molecular weight is 331 g/mol. The summed E-state index contributed by atoms with van der Waals surface area (Å²) < 4.78 is 0. The molecule has 2 amide bonds. The van der Waals surface area contributed by atoms with Crippen molar-refractivity contribution in [3.8, 4) is 0 Å². The van der Waals surface area contributed by atoms with Crippen molar-refractivity contribution in [3.05, 3.63) is 70.7 Å². The van der Waals surface area contributed by atoms with Crippen molar-refractivity contribution < 1.29 is 9.59 Å². The maximum Gasteiger partial charge on any atom is 0.251 e. The van der Waals surface area contributed by atoms with Gasteiger partial charge in [-0.25, -0.2) is 0 Å². The molecule has 120 valence electrons. The third kappa shape index (κ3) is 5.42. The lowest BCUT2D eigenvalue weighted by molar-refractivity contribution is -0.121. The highest BCUT2D eigenvalue weighted by Crippen LogP contribution is 2.17. The number of benzene rings is 2. The van der Waals surface area contributed by atoms with E-state index in [2.05, 4.69) is 10.6 Å². The minimum Gasteiger partial charge on any atom is -0.352 e. The second-order valence-electron chi connectivity index (χ2n) is 5.22. The van der Waals surface area contributed by atoms with Crippen LogP contribution in [0.2, 0.25) is 5.02 Å². The molecule has 0 saturated heterocycles. The van der Waals surface area contributed by atoms with E-state index >= 15 is 0 Å². The Bertz CT molecular complexity index is 674. The number of carbonyl (C=O) groups excluding carboxylic acids is 2. The van der Waals surface area contributed by atoms with Gasteiger partial charge < -0.3 is 10.6 Å². The highest BCUT2D eigenvalue weighted by Gasteiger charge is 2.10. The first-order valence-electron chi connectivity index (χ1n) is 7.44. The molecule has 0 fully saturated rings. The molecule has 0 bridgehead atoms. The molecule has 23 heavy (non-hydrogen) atoms. The zero-order valence-corrected chi connectivity index (χ0v) is 13.6. The third-order valence-electron chi connectivity index (χ3n) is 3.40. The van der Waals surface area contributed by atoms with Crippen LogP contribution in [0.4, 0.5) is 0 Å². The van der Waals surface area contributed by atoms with Gasteiger partial charge in [0, 0.05) is 23.6 Å². The Balaban J connectivity index is 1.76. The summed E-state index contributed by atoms with van der Waals surface area (Å²) >= 11 is 5.94. The van der Waals surface area contributed by atoms with Crippen LogP contribution < -0.4 is 10.6 Å². The molecule has 0 aliphatic heterocycles. The van der Waals surface area contributed by atoms with Gasteiger partial charge in [0.05, 0.1) is 6.04 Å². The summed E-state index contributed by atoms with van der Waals surface area (Å²) in [6.45, 7) is 2.19. The molecule has 2 aromatic rings. The SMILES string of the molecule is C[C@H](NC(=O)CCNC(=O)c1ccccc1)c1cccc(Cl)c1. The smallest absolute Gasteiger partial charge is 0.251 e. The summed E-state index contributed by atoms with van der Waals surface area (Å²) in [7, 11) is 0. The summed E-state index contributed by atoms with van der Waals surface area (Å²) in [6.07, 6.45) is 0.226. The largest absolute Gasteiger partial charge is 0.352 e. The number of hydrogen-bond donors (Lipinski definition) is 2. The Morgan fingerprint density at radius 3 is 2.52 bits per heavy atom. The first-order valence-corrected chi connectivity index (χ1v) is 7.82. The van der Waals surface area contributed by atoms with Crippen LogP contribution in [0.5, 0.6) is 0 Å². The van der Waals surface area contributed by atoms with Crippen LogP contribution >= 0.6 is 11.6 Å². The maximum atomic E-state index is 11.9. The van der Waals surface area contributed by atoms with E-state index in [1.54, 1.807) is 30.3 Å². The highest BCUT2D eigenvalue weighted by molar-refractivity contribution is 6.30. The van der Waals surface area contributed by atoms with Gasteiger partial charge in [0.15, 0.2) is 0 Å². The molecule has 2 N–H and O–H groups in total. The van der Waals surface area contributed by atoms with Gasteiger partial charge in [0.25, 0.3) is 5.91 Å². The van der Waals surface area contributed by atoms with Crippen LogP contribution in [0.3, 0.4) is 0 Å². The number of halogens is 1. The van der Waals surface area contributed by atoms with Crippen molar-refractivity contribution in [2.75, 3.05) is 6.54 Å². The highest BCUT2D eigenvalue weighted by atomic mass is 35.5. The molecule has 0 aromatic heterocycles. The lowest BCUT2D eigenvalue weighted by Crippen LogP contribution is -2.32. The van der Waals surface area contributed by atoms with Crippen molar-refractivity contribution in [2.24, 2.45) is 0 Å². The van der Waals surface area contributed by atoms with Crippen LogP contribution in [0.1, 0.15) is 35.3 Å². The van der Waals surface area contributed by atoms with Gasteiger partial charge in [-0.05, 0) is 36.8 Å². The van der Waals surface area contributed by atoms with E-state index in [9.17, 15) is 9.59 Å². The molecule has 0 spiro atoms. The summed E-state index contributed by atoms with van der Waals surface area (Å²) in [6, 6.07) is 16.2. The first kappa shape index (κ1) is 17.0. The van der Waals surface area contributed by atoms with Crippen molar-refractivity contribution in [3.63, 3.8) is 0 Å². The van der Waals surface area contributed by atoms with Gasteiger partial charge in [0.2, 0.25) is 5.91 Å². The van der Waals surface area contributed by atoms with Crippen molar-refractivity contribution in [1.29, 1.82) is 0 Å². The quantitative estimate of drug-likeness (QED) is 0.853. The Hall–Kier alpha value is -2.33. The van der Waals surface area contributed by atoms with E-state index in [-0.39, 0.29) is 24.3 Å². The fraction of sp³-hybridized carbons (Fsp3) is 0.222. The number of carbonyl (C=O) groups is 2. The van der Waals surface area contributed by atoms with E-state index in [0.717, 1.165) is 5.56 Å². The van der Waals surface area contributed by atoms with Crippen LogP contribution in [0.25, 0.3) is 0 Å². The summed E-state index contributed by atoms with van der Waals surface area (Å²) in [5.74, 6) is -0.299. The van der Waals surface area contributed by atoms with Gasteiger partial charge in [-0.1, -0.05) is 41.9 Å². The number of amides is 2. The van der Waals surface area contributed by atoms with E-state index in [1.165, 1.54) is 0 Å². The summed E-state index contributed by atoms with van der Waals surface area (Å²) in [5.41, 5.74) is 1.53. The molecular weight excluding hydrogens is 312 g/mol. The van der Waals surface area contributed by atoms with E-state index in [4.69, 9.17) is 11.6 Å². The molecule has 0 heterocycles. The van der Waals surface area contributed by atoms with E-state index < -0.39 is 0 Å². The minimum atomic E-state index is -0.179. The second kappa shape index (κ2) is 8.34. The van der Waals surface area contributed by atoms with Gasteiger partial charge in [-0.2, -0.15) is 0 Å². The predicted molar refractivity (Wildman–Crippen MR) is 91.4 cm³/mol. The fourth-order valence-electron chi connectivity index (χ4n) is 2.15. The molecule has 4 nitrogen and oxygen atoms in total. The third-order valence-corrected chi connectivity index (χ3v) is 3.63. The Morgan fingerprint density at radius 1 is 1.09 bits per heavy atom. The van der Waals surface area contributed by atoms with E-state index in [1.807, 2.05) is 31.2 Å². The van der Waals surface area contributed by atoms with Crippen LogP contribution in [-0.2, 0) is 4.79 Å². The van der Waals surface area contributed by atoms with Crippen LogP contribution in [0, 0.1) is 0 Å². The van der Waals surface area contributed by atoms with Crippen molar-refractivity contribution in [1.82, 2.24) is 10.6 Å². The maximum absolute atomic E-state index is 11.9. The normalized spacial score (nSPS) is 11.6. The lowest BCUT2D eigenvalue weighted by Gasteiger charge is -2.14. The number of nitrogens with one attached hydrogen (secondary N) is 2. The molecule has 0 aliphatic carbocycles. The lowest BCUT2D eigenvalue weighted by atomic mass is 10.1. The standard InChI is InChI=1S/C18H19ClN2O2/c1-13(15-8-5-9-16(19)12-15)21-17(22)10-11-20-18(23)14-6-3-2-4-7-14/h2-9,12-13H,10-11H2,1H3,(H,20,23)(H,21,22)/t13-/m0/s1. The molecule has 5 heteroatoms. The number of rotatable bonds is 6. The van der Waals surface area contributed by atoms with Crippen LogP contribution in [0.15, 0.2) is 54.6 Å². The van der Waals surface area contributed by atoms with Gasteiger partial charge in [-0.3, -0.25) is 9.59 Å². The molecule has 2 aromatic carbocycles. The first-order chi connectivity index (χ1) is 11.1. The minimum absolute atomic E-state index is 0.120. The van der Waals surface area contributed by atoms with E-state index in [0.29, 0.717) is 17.1 Å². The predicted octanol–water partition coefficient (Wildman–Crippen LogP) is 3.34. The Kier molecular flexibility index (Phi) is 6.18. The van der Waals surface area contributed by atoms with Gasteiger partial charge >= 0.3 is 0 Å². The molecule has 0 radical (unpaired) electrons. The second-order valence-corrected chi connectivity index (χ2v) is 5.65. The van der Waals surface area contributed by atoms with Crippen LogP contribution in [-0.4, -0.2) is 18.4 Å². The average Bonchev–Trinajstić information content (AvgIpc) is 2.55. The summed E-state index contributed by atoms with van der Waals surface area (Å²) in [4.78, 5) is 23.8. The molecule has 0 saturated carbocycles. The topological polar surface area (TPSA) is 58.2 Å². The molecule has 1 atom stereocenters. The monoisotopic (exact) mass is 330 g/mol. The molecule has 0 unspecified atom stereocenters. The molecular formula is C18H19ClN2O2. The number of hydrogen-bond acceptors (Lipinski definition) is 2. The van der Waals surface area contributed by atoms with Crippen molar-refractivity contribution in [2.45, 2.75) is 19.4 Å². The zero-order chi connectivity index (χ0) is 16.7. The molecule has 2 rings (SSSR count). The zero-order valence-electron chi connectivity index (χ0n) is 12.9. The Labute approximate surface area is 140 Å². The van der Waals surface area contributed by atoms with Crippen molar-refractivity contribution >= 4 is 23.4 Å². The molecule has 0 aliphatic rings. The van der Waals surface area contributed by atoms with Gasteiger partial charge in [-0.15, -0.1) is 0 Å². The Morgan fingerprint density at radius 2 is 1.83 bits per heavy atom. The fourth-order valence-corrected chi connectivity index (χ4v) is 2.35.